The highest BCUT2D eigenvalue weighted by Crippen LogP contribution is 2.18. The highest BCUT2D eigenvalue weighted by Gasteiger charge is 2.19. The molecule has 438 valence electrons. The van der Waals surface area contributed by atoms with E-state index in [2.05, 4.69) is 69.4 Å². The van der Waals surface area contributed by atoms with Crippen LogP contribution in [-0.2, 0) is 28.6 Å². The van der Waals surface area contributed by atoms with E-state index in [9.17, 15) is 14.4 Å². The Balaban J connectivity index is 4.29. The molecule has 0 heterocycles. The lowest BCUT2D eigenvalue weighted by molar-refractivity contribution is -0.167. The number of hydrogen-bond acceptors (Lipinski definition) is 6. The lowest BCUT2D eigenvalue weighted by atomic mass is 10.0. The molecule has 0 rings (SSSR count). The quantitative estimate of drug-likeness (QED) is 0.0261. The van der Waals surface area contributed by atoms with Gasteiger partial charge in [-0.3, -0.25) is 14.4 Å². The van der Waals surface area contributed by atoms with Gasteiger partial charge in [-0.2, -0.15) is 0 Å². The summed E-state index contributed by atoms with van der Waals surface area (Å²) in [5.74, 6) is -0.847. The highest BCUT2D eigenvalue weighted by atomic mass is 16.6. The number of unbranched alkanes of at least 4 members (excludes halogenated alkanes) is 42. The summed E-state index contributed by atoms with van der Waals surface area (Å²) in [4.78, 5) is 38.4. The van der Waals surface area contributed by atoms with Gasteiger partial charge in [0.15, 0.2) is 6.10 Å². The summed E-state index contributed by atoms with van der Waals surface area (Å²) in [6.45, 7) is 6.59. The van der Waals surface area contributed by atoms with Crippen molar-refractivity contribution in [3.63, 3.8) is 0 Å². The zero-order valence-corrected chi connectivity index (χ0v) is 50.3. The van der Waals surface area contributed by atoms with Crippen molar-refractivity contribution in [3.05, 3.63) is 48.6 Å². The Hall–Kier alpha value is -2.63. The van der Waals surface area contributed by atoms with Gasteiger partial charge < -0.3 is 14.2 Å². The molecule has 0 spiro atoms. The Morgan fingerprint density at radius 1 is 0.280 bits per heavy atom. The first-order valence-corrected chi connectivity index (χ1v) is 33.1. The van der Waals surface area contributed by atoms with Gasteiger partial charge in [-0.1, -0.05) is 326 Å². The van der Waals surface area contributed by atoms with Crippen LogP contribution in [0.1, 0.15) is 355 Å². The Labute approximate surface area is 467 Å². The molecule has 0 saturated carbocycles. The minimum Gasteiger partial charge on any atom is -0.462 e. The lowest BCUT2D eigenvalue weighted by Gasteiger charge is -2.18. The third-order valence-electron chi connectivity index (χ3n) is 14.8. The molecule has 0 bridgehead atoms. The fourth-order valence-electron chi connectivity index (χ4n) is 9.91. The van der Waals surface area contributed by atoms with Crippen molar-refractivity contribution in [2.45, 2.75) is 361 Å². The molecular formula is C69H126O6. The van der Waals surface area contributed by atoms with Crippen LogP contribution in [-0.4, -0.2) is 37.2 Å². The Morgan fingerprint density at radius 2 is 0.520 bits per heavy atom. The number of esters is 3. The van der Waals surface area contributed by atoms with Gasteiger partial charge in [-0.15, -0.1) is 0 Å². The van der Waals surface area contributed by atoms with Gasteiger partial charge in [0.05, 0.1) is 0 Å². The summed E-state index contributed by atoms with van der Waals surface area (Å²) >= 11 is 0. The smallest absolute Gasteiger partial charge is 0.306 e. The summed E-state index contributed by atoms with van der Waals surface area (Å²) in [5.41, 5.74) is 0. The average molecular weight is 1050 g/mol. The third-order valence-corrected chi connectivity index (χ3v) is 14.8. The van der Waals surface area contributed by atoms with Crippen LogP contribution in [0.5, 0.6) is 0 Å². The number of carbonyl (C=O) groups excluding carboxylic acids is 3. The standard InChI is InChI=1S/C69H126O6/c1-4-7-10-13-16-19-22-25-28-30-32-34-35-36-38-39-41-44-47-50-53-56-59-62-68(71)74-65-66(64-73-67(70)61-58-55-52-49-46-43-27-24-21-18-15-12-9-6-3)75-69(72)63-60-57-54-51-48-45-42-40-37-33-31-29-26-23-20-17-14-11-8-5-2/h7,10,16,19,25,28,32,34,66H,4-6,8-9,11-15,17-18,20-24,26-27,29-31,33,35-65H2,1-3H3/b10-7-,19-16-,28-25-,34-32-. The van der Waals surface area contributed by atoms with Crippen molar-refractivity contribution in [3.8, 4) is 0 Å². The molecule has 0 aliphatic carbocycles. The summed E-state index contributed by atoms with van der Waals surface area (Å²) in [6, 6.07) is 0. The molecule has 0 N–H and O–H groups in total. The second-order valence-corrected chi connectivity index (χ2v) is 22.4. The van der Waals surface area contributed by atoms with Crippen LogP contribution in [0.15, 0.2) is 48.6 Å². The first-order chi connectivity index (χ1) is 37.0. The van der Waals surface area contributed by atoms with Gasteiger partial charge in [0.25, 0.3) is 0 Å². The van der Waals surface area contributed by atoms with Crippen LogP contribution >= 0.6 is 0 Å². The molecule has 6 heteroatoms. The van der Waals surface area contributed by atoms with Crippen LogP contribution in [0.25, 0.3) is 0 Å². The van der Waals surface area contributed by atoms with Gasteiger partial charge in [0, 0.05) is 19.3 Å². The maximum atomic E-state index is 12.9. The molecule has 0 aromatic carbocycles. The Morgan fingerprint density at radius 3 is 0.813 bits per heavy atom. The molecule has 0 aromatic rings. The first kappa shape index (κ1) is 72.4. The summed E-state index contributed by atoms with van der Waals surface area (Å²) in [6.07, 6.45) is 79.8. The summed E-state index contributed by atoms with van der Waals surface area (Å²) in [5, 5.41) is 0. The van der Waals surface area contributed by atoms with E-state index in [1.807, 2.05) is 0 Å². The van der Waals surface area contributed by atoms with E-state index in [1.54, 1.807) is 0 Å². The normalized spacial score (nSPS) is 12.3. The summed E-state index contributed by atoms with van der Waals surface area (Å²) < 4.78 is 17.0. The van der Waals surface area contributed by atoms with Crippen LogP contribution in [0.2, 0.25) is 0 Å². The molecule has 0 aliphatic heterocycles. The van der Waals surface area contributed by atoms with E-state index in [-0.39, 0.29) is 31.1 Å². The second-order valence-electron chi connectivity index (χ2n) is 22.4. The molecule has 0 saturated heterocycles. The molecular weight excluding hydrogens is 925 g/mol. The second kappa shape index (κ2) is 63.9. The highest BCUT2D eigenvalue weighted by molar-refractivity contribution is 5.71. The minimum atomic E-state index is -0.772. The van der Waals surface area contributed by atoms with Crippen molar-refractivity contribution in [1.82, 2.24) is 0 Å². The number of carbonyl (C=O) groups is 3. The van der Waals surface area contributed by atoms with Crippen molar-refractivity contribution in [2.75, 3.05) is 13.2 Å². The average Bonchev–Trinajstić information content (AvgIpc) is 3.41. The third kappa shape index (κ3) is 62.1. The van der Waals surface area contributed by atoms with E-state index in [1.165, 1.54) is 231 Å². The van der Waals surface area contributed by atoms with Crippen LogP contribution in [0.4, 0.5) is 0 Å². The topological polar surface area (TPSA) is 78.9 Å². The van der Waals surface area contributed by atoms with Gasteiger partial charge in [-0.05, 0) is 57.8 Å². The largest absolute Gasteiger partial charge is 0.462 e. The van der Waals surface area contributed by atoms with Gasteiger partial charge in [0.2, 0.25) is 0 Å². The van der Waals surface area contributed by atoms with Gasteiger partial charge >= 0.3 is 17.9 Å². The predicted molar refractivity (Wildman–Crippen MR) is 325 cm³/mol. The number of allylic oxidation sites excluding steroid dienone is 8. The van der Waals surface area contributed by atoms with Crippen LogP contribution in [0.3, 0.4) is 0 Å². The molecule has 1 unspecified atom stereocenters. The molecule has 0 amide bonds. The van der Waals surface area contributed by atoms with E-state index in [4.69, 9.17) is 14.2 Å². The van der Waals surface area contributed by atoms with Gasteiger partial charge in [-0.25, -0.2) is 0 Å². The zero-order chi connectivity index (χ0) is 54.3. The van der Waals surface area contributed by atoms with Crippen LogP contribution < -0.4 is 0 Å². The minimum absolute atomic E-state index is 0.0685. The molecule has 0 radical (unpaired) electrons. The lowest BCUT2D eigenvalue weighted by Crippen LogP contribution is -2.30. The molecule has 6 nitrogen and oxygen atoms in total. The molecule has 1 atom stereocenters. The number of hydrogen-bond donors (Lipinski definition) is 0. The monoisotopic (exact) mass is 1050 g/mol. The van der Waals surface area contributed by atoms with E-state index < -0.39 is 6.10 Å². The maximum absolute atomic E-state index is 12.9. The first-order valence-electron chi connectivity index (χ1n) is 33.1. The van der Waals surface area contributed by atoms with Crippen molar-refractivity contribution >= 4 is 17.9 Å². The summed E-state index contributed by atoms with van der Waals surface area (Å²) in [7, 11) is 0. The van der Waals surface area contributed by atoms with E-state index >= 15 is 0 Å². The van der Waals surface area contributed by atoms with E-state index in [0.29, 0.717) is 19.3 Å². The SMILES string of the molecule is CC/C=C\C/C=C\C/C=C\C/C=C\CCCCCCCCCCCCC(=O)OCC(COC(=O)CCCCCCCCCCCCCCCC)OC(=O)CCCCCCCCCCCCCCCCCCCCCC. The van der Waals surface area contributed by atoms with Crippen LogP contribution in [0, 0.1) is 0 Å². The molecule has 0 fully saturated rings. The predicted octanol–water partition coefficient (Wildman–Crippen LogP) is 22.6. The maximum Gasteiger partial charge on any atom is 0.306 e. The zero-order valence-electron chi connectivity index (χ0n) is 50.3. The fraction of sp³-hybridized carbons (Fsp3) is 0.841. The van der Waals surface area contributed by atoms with Crippen molar-refractivity contribution in [1.29, 1.82) is 0 Å². The molecule has 0 aliphatic rings. The van der Waals surface area contributed by atoms with Gasteiger partial charge in [0.1, 0.15) is 13.2 Å². The van der Waals surface area contributed by atoms with Crippen molar-refractivity contribution < 1.29 is 28.6 Å². The number of rotatable bonds is 61. The Bertz CT molecular complexity index is 1300. The fourth-order valence-corrected chi connectivity index (χ4v) is 9.91. The molecule has 75 heavy (non-hydrogen) atoms. The van der Waals surface area contributed by atoms with E-state index in [0.717, 1.165) is 83.5 Å². The van der Waals surface area contributed by atoms with Crippen molar-refractivity contribution in [2.24, 2.45) is 0 Å². The molecule has 0 aromatic heterocycles. The number of ether oxygens (including phenoxy) is 3. The Kier molecular flexibility index (Phi) is 61.7.